The van der Waals surface area contributed by atoms with Crippen molar-refractivity contribution in [1.29, 1.82) is 0 Å². The van der Waals surface area contributed by atoms with Crippen molar-refractivity contribution in [2.75, 3.05) is 31.1 Å². The first-order chi connectivity index (χ1) is 12.3. The van der Waals surface area contributed by atoms with Crippen molar-refractivity contribution in [3.63, 3.8) is 0 Å². The molecule has 2 fully saturated rings. The fraction of sp³-hybridized carbons (Fsp3) is 0.647. The third kappa shape index (κ3) is 4.79. The van der Waals surface area contributed by atoms with E-state index in [0.29, 0.717) is 31.2 Å². The van der Waals surface area contributed by atoms with Crippen molar-refractivity contribution >= 4 is 23.3 Å². The van der Waals surface area contributed by atoms with Gasteiger partial charge in [0.15, 0.2) is 0 Å². The molecule has 5 nitrogen and oxygen atoms in total. The second-order valence-electron chi connectivity index (χ2n) is 6.92. The summed E-state index contributed by atoms with van der Waals surface area (Å²) in [7, 11) is 0. The van der Waals surface area contributed by atoms with Crippen molar-refractivity contribution in [3.8, 4) is 0 Å². The molecule has 3 heterocycles. The second-order valence-corrected chi connectivity index (χ2v) is 7.33. The molecule has 2 saturated heterocycles. The van der Waals surface area contributed by atoms with E-state index in [2.05, 4.69) is 15.6 Å². The average Bonchev–Trinajstić information content (AvgIpc) is 3.23. The molecule has 0 aromatic carbocycles. The molecule has 2 unspecified atom stereocenters. The Labute approximate surface area is 155 Å². The first kappa shape index (κ1) is 19.2. The number of halogens is 4. The molecule has 1 aromatic heterocycles. The number of alkyl halides is 3. The molecule has 2 atom stereocenters. The van der Waals surface area contributed by atoms with Crippen LogP contribution in [0, 0.1) is 5.92 Å². The van der Waals surface area contributed by atoms with E-state index in [-0.39, 0.29) is 17.0 Å². The maximum atomic E-state index is 12.7. The van der Waals surface area contributed by atoms with Gasteiger partial charge in [0.1, 0.15) is 5.82 Å². The summed E-state index contributed by atoms with van der Waals surface area (Å²) in [5, 5.41) is 6.26. The Balaban J connectivity index is 1.51. The van der Waals surface area contributed by atoms with Crippen LogP contribution < -0.4 is 15.5 Å². The van der Waals surface area contributed by atoms with Gasteiger partial charge in [0.05, 0.1) is 10.6 Å². The molecule has 0 radical (unpaired) electrons. The summed E-state index contributed by atoms with van der Waals surface area (Å²) in [4.78, 5) is 17.8. The van der Waals surface area contributed by atoms with Gasteiger partial charge >= 0.3 is 6.18 Å². The summed E-state index contributed by atoms with van der Waals surface area (Å²) in [6.07, 6.45) is -0.462. The number of rotatable bonds is 5. The molecule has 2 aliphatic heterocycles. The van der Waals surface area contributed by atoms with Crippen LogP contribution in [0.5, 0.6) is 0 Å². The summed E-state index contributed by atoms with van der Waals surface area (Å²) in [6, 6.07) is 0.857. The first-order valence-corrected chi connectivity index (χ1v) is 9.18. The molecule has 0 bridgehead atoms. The number of hydrogen-bond donors (Lipinski definition) is 2. The van der Waals surface area contributed by atoms with Crippen LogP contribution in [-0.2, 0) is 11.0 Å². The highest BCUT2D eigenvalue weighted by Gasteiger charge is 2.33. The van der Waals surface area contributed by atoms with E-state index in [0.717, 1.165) is 44.6 Å². The highest BCUT2D eigenvalue weighted by Crippen LogP contribution is 2.34. The third-order valence-corrected chi connectivity index (χ3v) is 5.22. The van der Waals surface area contributed by atoms with Gasteiger partial charge in [-0.15, -0.1) is 0 Å². The van der Waals surface area contributed by atoms with Crippen molar-refractivity contribution in [3.05, 3.63) is 22.8 Å². The average molecular weight is 391 g/mol. The molecule has 26 heavy (non-hydrogen) atoms. The molecule has 2 aliphatic rings. The fourth-order valence-corrected chi connectivity index (χ4v) is 3.77. The number of carbonyl (C=O) groups excluding carboxylic acids is 1. The van der Waals surface area contributed by atoms with Crippen molar-refractivity contribution in [2.24, 2.45) is 5.92 Å². The summed E-state index contributed by atoms with van der Waals surface area (Å²) in [6.45, 7) is 3.08. The van der Waals surface area contributed by atoms with Gasteiger partial charge in [0.25, 0.3) is 0 Å². The Morgan fingerprint density at radius 2 is 2.23 bits per heavy atom. The number of pyridine rings is 1. The number of carbonyl (C=O) groups is 1. The van der Waals surface area contributed by atoms with Crippen molar-refractivity contribution < 1.29 is 18.0 Å². The van der Waals surface area contributed by atoms with E-state index < -0.39 is 11.7 Å². The summed E-state index contributed by atoms with van der Waals surface area (Å²) in [5.74, 6) is 0.916. The smallest absolute Gasteiger partial charge is 0.353 e. The minimum Gasteiger partial charge on any atom is -0.353 e. The van der Waals surface area contributed by atoms with Crippen LogP contribution in [0.15, 0.2) is 12.3 Å². The van der Waals surface area contributed by atoms with Crippen molar-refractivity contribution in [2.45, 2.75) is 37.9 Å². The Morgan fingerprint density at radius 1 is 1.42 bits per heavy atom. The first-order valence-electron chi connectivity index (χ1n) is 8.80. The lowest BCUT2D eigenvalue weighted by Crippen LogP contribution is -2.37. The van der Waals surface area contributed by atoms with Gasteiger partial charge in [0, 0.05) is 31.7 Å². The van der Waals surface area contributed by atoms with Crippen LogP contribution in [0.3, 0.4) is 0 Å². The van der Waals surface area contributed by atoms with Crippen LogP contribution in [0.2, 0.25) is 5.02 Å². The molecule has 2 N–H and O–H groups in total. The van der Waals surface area contributed by atoms with E-state index in [1.807, 2.05) is 4.90 Å². The molecule has 0 aliphatic carbocycles. The summed E-state index contributed by atoms with van der Waals surface area (Å²) < 4.78 is 38.1. The predicted molar refractivity (Wildman–Crippen MR) is 93.2 cm³/mol. The van der Waals surface area contributed by atoms with Gasteiger partial charge in [0.2, 0.25) is 5.91 Å². The number of amides is 1. The molecule has 1 aromatic rings. The van der Waals surface area contributed by atoms with Crippen LogP contribution in [-0.4, -0.2) is 43.1 Å². The van der Waals surface area contributed by atoms with Crippen LogP contribution in [0.4, 0.5) is 19.0 Å². The van der Waals surface area contributed by atoms with Gasteiger partial charge in [-0.3, -0.25) is 4.79 Å². The third-order valence-electron chi connectivity index (χ3n) is 4.94. The molecular weight excluding hydrogens is 369 g/mol. The Morgan fingerprint density at radius 3 is 2.88 bits per heavy atom. The molecule has 0 saturated carbocycles. The lowest BCUT2D eigenvalue weighted by molar-refractivity contribution is -0.137. The van der Waals surface area contributed by atoms with E-state index in [4.69, 9.17) is 11.6 Å². The van der Waals surface area contributed by atoms with E-state index >= 15 is 0 Å². The number of hydrogen-bond acceptors (Lipinski definition) is 4. The van der Waals surface area contributed by atoms with E-state index in [1.165, 1.54) is 0 Å². The predicted octanol–water partition coefficient (Wildman–Crippen LogP) is 2.84. The number of aromatic nitrogens is 1. The van der Waals surface area contributed by atoms with E-state index in [9.17, 15) is 18.0 Å². The molecule has 0 spiro atoms. The monoisotopic (exact) mass is 390 g/mol. The molecule has 144 valence electrons. The SMILES string of the molecule is O=C(CCC1CCNC1)NC1CCN(c2ncc(C(F)(F)F)cc2Cl)C1. The minimum absolute atomic E-state index is 0.0234. The topological polar surface area (TPSA) is 57.3 Å². The summed E-state index contributed by atoms with van der Waals surface area (Å²) >= 11 is 5.99. The highest BCUT2D eigenvalue weighted by molar-refractivity contribution is 6.33. The zero-order chi connectivity index (χ0) is 18.7. The standard InChI is InChI=1S/C17H22ClF3N4O/c18-14-7-12(17(19,20)21)9-23-16(14)25-6-4-13(10-25)24-15(26)2-1-11-3-5-22-8-11/h7,9,11,13,22H,1-6,8,10H2,(H,24,26). The van der Waals surface area contributed by atoms with Gasteiger partial charge in [-0.1, -0.05) is 11.6 Å². The zero-order valence-electron chi connectivity index (χ0n) is 14.3. The lowest BCUT2D eigenvalue weighted by atomic mass is 10.0. The lowest BCUT2D eigenvalue weighted by Gasteiger charge is -2.20. The number of nitrogens with one attached hydrogen (secondary N) is 2. The minimum atomic E-state index is -4.47. The van der Waals surface area contributed by atoms with Crippen LogP contribution in [0.25, 0.3) is 0 Å². The Kier molecular flexibility index (Phi) is 5.92. The zero-order valence-corrected chi connectivity index (χ0v) is 15.0. The molecular formula is C17H22ClF3N4O. The Hall–Kier alpha value is -1.54. The molecule has 9 heteroatoms. The van der Waals surface area contributed by atoms with Crippen molar-refractivity contribution in [1.82, 2.24) is 15.6 Å². The van der Waals surface area contributed by atoms with Gasteiger partial charge in [-0.2, -0.15) is 13.2 Å². The number of anilines is 1. The van der Waals surface area contributed by atoms with Gasteiger partial charge in [-0.25, -0.2) is 4.98 Å². The van der Waals surface area contributed by atoms with Gasteiger partial charge < -0.3 is 15.5 Å². The highest BCUT2D eigenvalue weighted by atomic mass is 35.5. The Bertz CT molecular complexity index is 649. The van der Waals surface area contributed by atoms with E-state index in [1.54, 1.807) is 0 Å². The fourth-order valence-electron chi connectivity index (χ4n) is 3.48. The summed E-state index contributed by atoms with van der Waals surface area (Å²) in [5.41, 5.74) is -0.864. The largest absolute Gasteiger partial charge is 0.417 e. The van der Waals surface area contributed by atoms with Gasteiger partial charge in [-0.05, 0) is 44.3 Å². The maximum Gasteiger partial charge on any atom is 0.417 e. The normalized spacial score (nSPS) is 23.5. The molecule has 3 rings (SSSR count). The second kappa shape index (κ2) is 8.00. The maximum absolute atomic E-state index is 12.7. The van der Waals surface area contributed by atoms with Crippen LogP contribution >= 0.6 is 11.6 Å². The quantitative estimate of drug-likeness (QED) is 0.811. The molecule has 1 amide bonds. The van der Waals surface area contributed by atoms with Crippen LogP contribution in [0.1, 0.15) is 31.2 Å². The number of nitrogens with zero attached hydrogens (tertiary/aromatic N) is 2.